The average Bonchev–Trinajstić information content (AvgIpc) is 2.98. The topological polar surface area (TPSA) is 66.1 Å². The van der Waals surface area contributed by atoms with Crippen molar-refractivity contribution in [2.75, 3.05) is 6.54 Å². The molecule has 0 fully saturated rings. The standard InChI is InChI=1S/C16H14BrN3O2S/c1-2-20(16(22)10-7-13(17)23-9-10)8-14-18-12-6-4-3-5-11(12)15(21)19-14/h3-7,9H,2,8H2,1H3,(H,18,19,21). The van der Waals surface area contributed by atoms with E-state index in [1.54, 1.807) is 29.2 Å². The van der Waals surface area contributed by atoms with Crippen molar-refractivity contribution in [2.24, 2.45) is 0 Å². The number of amides is 1. The Morgan fingerprint density at radius 1 is 1.39 bits per heavy atom. The summed E-state index contributed by atoms with van der Waals surface area (Å²) >= 11 is 4.83. The number of H-pyrrole nitrogens is 1. The van der Waals surface area contributed by atoms with Gasteiger partial charge in [-0.05, 0) is 41.1 Å². The van der Waals surface area contributed by atoms with Crippen molar-refractivity contribution in [3.63, 3.8) is 0 Å². The predicted octanol–water partition coefficient (Wildman–Crippen LogP) is 3.41. The lowest BCUT2D eigenvalue weighted by atomic mass is 10.2. The minimum atomic E-state index is -0.188. The maximum absolute atomic E-state index is 12.5. The monoisotopic (exact) mass is 391 g/mol. The van der Waals surface area contributed by atoms with Gasteiger partial charge in [-0.3, -0.25) is 9.59 Å². The van der Waals surface area contributed by atoms with Crippen LogP contribution in [0.2, 0.25) is 0 Å². The van der Waals surface area contributed by atoms with Crippen LogP contribution in [0.15, 0.2) is 44.3 Å². The SMILES string of the molecule is CCN(Cc1nc2ccccc2c(=O)[nH]1)C(=O)c1csc(Br)c1. The average molecular weight is 392 g/mol. The van der Waals surface area contributed by atoms with E-state index in [9.17, 15) is 9.59 Å². The first-order valence-corrected chi connectivity index (χ1v) is 8.77. The normalized spacial score (nSPS) is 10.9. The molecule has 2 heterocycles. The molecule has 1 N–H and O–H groups in total. The Kier molecular flexibility index (Phi) is 4.58. The van der Waals surface area contributed by atoms with E-state index in [0.717, 1.165) is 3.79 Å². The van der Waals surface area contributed by atoms with Gasteiger partial charge in [-0.1, -0.05) is 12.1 Å². The molecule has 0 atom stereocenters. The molecule has 0 bridgehead atoms. The van der Waals surface area contributed by atoms with Crippen molar-refractivity contribution in [1.82, 2.24) is 14.9 Å². The van der Waals surface area contributed by atoms with Gasteiger partial charge in [-0.2, -0.15) is 0 Å². The number of benzene rings is 1. The summed E-state index contributed by atoms with van der Waals surface area (Å²) in [7, 11) is 0. The number of carbonyl (C=O) groups is 1. The van der Waals surface area contributed by atoms with Crippen LogP contribution in [-0.4, -0.2) is 27.3 Å². The Bertz CT molecular complexity index is 919. The minimum absolute atomic E-state index is 0.0785. The molecule has 118 valence electrons. The zero-order valence-corrected chi connectivity index (χ0v) is 14.8. The minimum Gasteiger partial charge on any atom is -0.331 e. The van der Waals surface area contributed by atoms with Gasteiger partial charge >= 0.3 is 0 Å². The van der Waals surface area contributed by atoms with Crippen molar-refractivity contribution in [2.45, 2.75) is 13.5 Å². The lowest BCUT2D eigenvalue weighted by Gasteiger charge is -2.19. The smallest absolute Gasteiger partial charge is 0.258 e. The van der Waals surface area contributed by atoms with Gasteiger partial charge in [0.05, 0.1) is 26.8 Å². The number of thiophene rings is 1. The van der Waals surface area contributed by atoms with E-state index < -0.39 is 0 Å². The molecule has 2 aromatic heterocycles. The summed E-state index contributed by atoms with van der Waals surface area (Å²) in [6.45, 7) is 2.70. The van der Waals surface area contributed by atoms with E-state index in [1.165, 1.54) is 11.3 Å². The van der Waals surface area contributed by atoms with Crippen LogP contribution in [0, 0.1) is 0 Å². The van der Waals surface area contributed by atoms with Gasteiger partial charge in [0.2, 0.25) is 0 Å². The van der Waals surface area contributed by atoms with Crippen LogP contribution in [0.3, 0.4) is 0 Å². The number of rotatable bonds is 4. The first-order valence-electron chi connectivity index (χ1n) is 7.09. The van der Waals surface area contributed by atoms with Gasteiger partial charge in [0.1, 0.15) is 5.82 Å². The molecule has 0 radical (unpaired) electrons. The fraction of sp³-hybridized carbons (Fsp3) is 0.188. The maximum Gasteiger partial charge on any atom is 0.258 e. The highest BCUT2D eigenvalue weighted by atomic mass is 79.9. The van der Waals surface area contributed by atoms with Crippen LogP contribution in [0.4, 0.5) is 0 Å². The van der Waals surface area contributed by atoms with Crippen molar-refractivity contribution in [1.29, 1.82) is 0 Å². The first-order chi connectivity index (χ1) is 11.1. The Labute approximate surface area is 145 Å². The van der Waals surface area contributed by atoms with Crippen LogP contribution >= 0.6 is 27.3 Å². The molecule has 0 saturated carbocycles. The zero-order valence-electron chi connectivity index (χ0n) is 12.4. The molecule has 3 aromatic rings. The number of fused-ring (bicyclic) bond motifs is 1. The van der Waals surface area contributed by atoms with Crippen LogP contribution in [0.1, 0.15) is 23.1 Å². The molecule has 0 spiro atoms. The van der Waals surface area contributed by atoms with Crippen LogP contribution in [-0.2, 0) is 6.54 Å². The van der Waals surface area contributed by atoms with Gasteiger partial charge in [0.15, 0.2) is 0 Å². The van der Waals surface area contributed by atoms with Crippen molar-refractivity contribution < 1.29 is 4.79 Å². The van der Waals surface area contributed by atoms with Crippen molar-refractivity contribution in [3.8, 4) is 0 Å². The molecule has 5 nitrogen and oxygen atoms in total. The van der Waals surface area contributed by atoms with Crippen LogP contribution < -0.4 is 5.56 Å². The Morgan fingerprint density at radius 2 is 2.17 bits per heavy atom. The molecule has 0 aliphatic heterocycles. The number of hydrogen-bond acceptors (Lipinski definition) is 4. The molecule has 0 saturated heterocycles. The van der Waals surface area contributed by atoms with E-state index in [-0.39, 0.29) is 18.0 Å². The summed E-state index contributed by atoms with van der Waals surface area (Å²) in [5.41, 5.74) is 1.08. The zero-order chi connectivity index (χ0) is 16.4. The third-order valence-corrected chi connectivity index (χ3v) is 4.99. The fourth-order valence-electron chi connectivity index (χ4n) is 2.32. The molecule has 1 amide bonds. The summed E-state index contributed by atoms with van der Waals surface area (Å²) in [6.07, 6.45) is 0. The Hall–Kier alpha value is -1.99. The lowest BCUT2D eigenvalue weighted by molar-refractivity contribution is 0.0749. The molecule has 0 aliphatic rings. The number of carbonyl (C=O) groups excluding carboxylic acids is 1. The van der Waals surface area contributed by atoms with E-state index in [1.807, 2.05) is 18.4 Å². The molecular formula is C16H14BrN3O2S. The molecule has 23 heavy (non-hydrogen) atoms. The summed E-state index contributed by atoms with van der Waals surface area (Å²) in [5.74, 6) is 0.406. The van der Waals surface area contributed by atoms with Gasteiger partial charge in [0.25, 0.3) is 11.5 Å². The number of nitrogens with zero attached hydrogens (tertiary/aromatic N) is 2. The van der Waals surface area contributed by atoms with E-state index in [2.05, 4.69) is 25.9 Å². The van der Waals surface area contributed by atoms with Gasteiger partial charge in [0, 0.05) is 11.9 Å². The van der Waals surface area contributed by atoms with E-state index in [4.69, 9.17) is 0 Å². The van der Waals surface area contributed by atoms with Gasteiger partial charge in [-0.15, -0.1) is 11.3 Å². The highest BCUT2D eigenvalue weighted by Crippen LogP contribution is 2.22. The number of aromatic nitrogens is 2. The molecule has 0 aliphatic carbocycles. The molecule has 1 aromatic carbocycles. The fourth-order valence-corrected chi connectivity index (χ4v) is 3.45. The Balaban J connectivity index is 1.90. The van der Waals surface area contributed by atoms with Gasteiger partial charge in [-0.25, -0.2) is 4.98 Å². The second-order valence-corrected chi connectivity index (χ2v) is 7.28. The van der Waals surface area contributed by atoms with Crippen molar-refractivity contribution >= 4 is 44.1 Å². The highest BCUT2D eigenvalue weighted by molar-refractivity contribution is 9.11. The van der Waals surface area contributed by atoms with Crippen LogP contribution in [0.5, 0.6) is 0 Å². The van der Waals surface area contributed by atoms with Gasteiger partial charge < -0.3 is 9.88 Å². The molecular weight excluding hydrogens is 378 g/mol. The number of halogens is 1. The Morgan fingerprint density at radius 3 is 2.87 bits per heavy atom. The summed E-state index contributed by atoms with van der Waals surface area (Å²) in [6, 6.07) is 8.96. The van der Waals surface area contributed by atoms with Crippen molar-refractivity contribution in [3.05, 3.63) is 61.2 Å². The molecule has 0 unspecified atom stereocenters. The number of aromatic amines is 1. The second-order valence-electron chi connectivity index (χ2n) is 4.99. The third kappa shape index (κ3) is 3.35. The third-order valence-electron chi connectivity index (χ3n) is 3.49. The summed E-state index contributed by atoms with van der Waals surface area (Å²) in [4.78, 5) is 33.5. The molecule has 7 heteroatoms. The quantitative estimate of drug-likeness (QED) is 0.740. The highest BCUT2D eigenvalue weighted by Gasteiger charge is 2.17. The predicted molar refractivity (Wildman–Crippen MR) is 94.8 cm³/mol. The number of hydrogen-bond donors (Lipinski definition) is 1. The van der Waals surface area contributed by atoms with E-state index >= 15 is 0 Å². The summed E-state index contributed by atoms with van der Waals surface area (Å²) in [5, 5.41) is 2.36. The number of nitrogens with one attached hydrogen (secondary N) is 1. The molecule has 3 rings (SSSR count). The first kappa shape index (κ1) is 15.9. The largest absolute Gasteiger partial charge is 0.331 e. The maximum atomic E-state index is 12.5. The van der Waals surface area contributed by atoms with E-state index in [0.29, 0.717) is 28.8 Å². The van der Waals surface area contributed by atoms with Crippen LogP contribution in [0.25, 0.3) is 10.9 Å². The summed E-state index contributed by atoms with van der Waals surface area (Å²) < 4.78 is 0.911. The second kappa shape index (κ2) is 6.64. The number of para-hydroxylation sites is 1. The lowest BCUT2D eigenvalue weighted by Crippen LogP contribution is -2.31.